The Kier molecular flexibility index (Phi) is 4.34. The van der Waals surface area contributed by atoms with Crippen LogP contribution in [0.5, 0.6) is 5.88 Å². The summed E-state index contributed by atoms with van der Waals surface area (Å²) in [5, 5.41) is 0. The summed E-state index contributed by atoms with van der Waals surface area (Å²) in [5.74, 6) is 1.78. The maximum absolute atomic E-state index is 5.72. The standard InChI is InChI=1S/C11H19N3O/c1-4-5-6-7-15-11-8(2)10(12)13-9(3)14-11/h4-7H2,1-3H3,(H2,12,13,14). The highest BCUT2D eigenvalue weighted by Crippen LogP contribution is 2.19. The molecule has 0 atom stereocenters. The number of anilines is 1. The van der Waals surface area contributed by atoms with Crippen LogP contribution < -0.4 is 10.5 Å². The molecule has 4 nitrogen and oxygen atoms in total. The van der Waals surface area contributed by atoms with Crippen LogP contribution in [0, 0.1) is 13.8 Å². The fourth-order valence-corrected chi connectivity index (χ4v) is 1.28. The molecule has 0 spiro atoms. The third-order valence-electron chi connectivity index (χ3n) is 2.24. The van der Waals surface area contributed by atoms with E-state index in [0.717, 1.165) is 12.0 Å². The van der Waals surface area contributed by atoms with E-state index >= 15 is 0 Å². The van der Waals surface area contributed by atoms with E-state index in [1.807, 2.05) is 13.8 Å². The molecule has 0 amide bonds. The first-order valence-electron chi connectivity index (χ1n) is 5.38. The quantitative estimate of drug-likeness (QED) is 0.755. The molecular formula is C11H19N3O. The van der Waals surface area contributed by atoms with Crippen LogP contribution in [0.4, 0.5) is 5.82 Å². The van der Waals surface area contributed by atoms with Gasteiger partial charge in [-0.15, -0.1) is 0 Å². The first kappa shape index (κ1) is 11.8. The lowest BCUT2D eigenvalue weighted by atomic mass is 10.3. The number of nitrogens with two attached hydrogens (primary N) is 1. The lowest BCUT2D eigenvalue weighted by Crippen LogP contribution is -2.06. The van der Waals surface area contributed by atoms with Crippen LogP contribution in [0.25, 0.3) is 0 Å². The number of aryl methyl sites for hydroxylation is 1. The summed E-state index contributed by atoms with van der Waals surface area (Å²) in [5.41, 5.74) is 6.55. The zero-order valence-corrected chi connectivity index (χ0v) is 9.71. The summed E-state index contributed by atoms with van der Waals surface area (Å²) in [6.07, 6.45) is 3.42. The molecule has 2 N–H and O–H groups in total. The van der Waals surface area contributed by atoms with Gasteiger partial charge >= 0.3 is 0 Å². The molecule has 1 aromatic rings. The fourth-order valence-electron chi connectivity index (χ4n) is 1.28. The third-order valence-corrected chi connectivity index (χ3v) is 2.24. The summed E-state index contributed by atoms with van der Waals surface area (Å²) in [7, 11) is 0. The van der Waals surface area contributed by atoms with Gasteiger partial charge in [-0.2, -0.15) is 4.98 Å². The van der Waals surface area contributed by atoms with Crippen molar-refractivity contribution in [2.45, 2.75) is 40.0 Å². The van der Waals surface area contributed by atoms with Crippen LogP contribution in [0.1, 0.15) is 37.6 Å². The van der Waals surface area contributed by atoms with Gasteiger partial charge in [-0.1, -0.05) is 19.8 Å². The third kappa shape index (κ3) is 3.38. The van der Waals surface area contributed by atoms with Gasteiger partial charge in [0.05, 0.1) is 12.2 Å². The molecule has 0 radical (unpaired) electrons. The van der Waals surface area contributed by atoms with Gasteiger partial charge < -0.3 is 10.5 Å². The van der Waals surface area contributed by atoms with Gasteiger partial charge in [-0.25, -0.2) is 4.98 Å². The summed E-state index contributed by atoms with van der Waals surface area (Å²) in [6.45, 7) is 6.56. The van der Waals surface area contributed by atoms with Crippen LogP contribution in [0.3, 0.4) is 0 Å². The summed E-state index contributed by atoms with van der Waals surface area (Å²) in [6, 6.07) is 0. The van der Waals surface area contributed by atoms with Gasteiger partial charge in [0.15, 0.2) is 0 Å². The van der Waals surface area contributed by atoms with E-state index in [1.165, 1.54) is 12.8 Å². The summed E-state index contributed by atoms with van der Waals surface area (Å²) in [4.78, 5) is 8.28. The van der Waals surface area contributed by atoms with Crippen molar-refractivity contribution in [3.05, 3.63) is 11.4 Å². The minimum atomic E-state index is 0.507. The number of nitrogen functional groups attached to an aromatic ring is 1. The number of unbranched alkanes of at least 4 members (excludes halogenated alkanes) is 2. The fraction of sp³-hybridized carbons (Fsp3) is 0.636. The van der Waals surface area contributed by atoms with Crippen LogP contribution in [0.2, 0.25) is 0 Å². The first-order valence-corrected chi connectivity index (χ1v) is 5.38. The van der Waals surface area contributed by atoms with Crippen LogP contribution in [0.15, 0.2) is 0 Å². The maximum Gasteiger partial charge on any atom is 0.221 e. The number of aromatic nitrogens is 2. The molecule has 0 saturated carbocycles. The Hall–Kier alpha value is -1.32. The minimum Gasteiger partial charge on any atom is -0.477 e. The lowest BCUT2D eigenvalue weighted by Gasteiger charge is -2.09. The zero-order chi connectivity index (χ0) is 11.3. The highest BCUT2D eigenvalue weighted by Gasteiger charge is 2.07. The second-order valence-corrected chi connectivity index (χ2v) is 3.64. The Balaban J connectivity index is 2.60. The molecule has 0 unspecified atom stereocenters. The Morgan fingerprint density at radius 3 is 2.60 bits per heavy atom. The Labute approximate surface area is 90.9 Å². The van der Waals surface area contributed by atoms with Crippen molar-refractivity contribution in [3.8, 4) is 5.88 Å². The number of hydrogen-bond donors (Lipinski definition) is 1. The van der Waals surface area contributed by atoms with E-state index in [1.54, 1.807) is 0 Å². The van der Waals surface area contributed by atoms with Gasteiger partial charge in [-0.3, -0.25) is 0 Å². The van der Waals surface area contributed by atoms with Crippen molar-refractivity contribution in [3.63, 3.8) is 0 Å². The van der Waals surface area contributed by atoms with Crippen molar-refractivity contribution < 1.29 is 4.74 Å². The van der Waals surface area contributed by atoms with E-state index in [-0.39, 0.29) is 0 Å². The topological polar surface area (TPSA) is 61.0 Å². The number of nitrogens with zero attached hydrogens (tertiary/aromatic N) is 2. The zero-order valence-electron chi connectivity index (χ0n) is 9.71. The van der Waals surface area contributed by atoms with Crippen LogP contribution in [-0.4, -0.2) is 16.6 Å². The second-order valence-electron chi connectivity index (χ2n) is 3.64. The van der Waals surface area contributed by atoms with Gasteiger partial charge in [0.25, 0.3) is 0 Å². The Bertz CT molecular complexity index is 326. The SMILES string of the molecule is CCCCCOc1nc(C)nc(N)c1C. The molecule has 0 aliphatic carbocycles. The lowest BCUT2D eigenvalue weighted by molar-refractivity contribution is 0.292. The minimum absolute atomic E-state index is 0.507. The first-order chi connectivity index (χ1) is 7.15. The Morgan fingerprint density at radius 1 is 1.20 bits per heavy atom. The highest BCUT2D eigenvalue weighted by atomic mass is 16.5. The van der Waals surface area contributed by atoms with E-state index in [0.29, 0.717) is 24.1 Å². The van der Waals surface area contributed by atoms with Crippen molar-refractivity contribution in [1.29, 1.82) is 0 Å². The molecule has 0 aliphatic rings. The molecule has 1 aromatic heterocycles. The molecular weight excluding hydrogens is 190 g/mol. The average Bonchev–Trinajstić information content (AvgIpc) is 2.19. The van der Waals surface area contributed by atoms with Gasteiger partial charge in [0.1, 0.15) is 11.6 Å². The Morgan fingerprint density at radius 2 is 1.93 bits per heavy atom. The molecule has 0 aliphatic heterocycles. The predicted octanol–water partition coefficient (Wildman–Crippen LogP) is 2.24. The molecule has 4 heteroatoms. The van der Waals surface area contributed by atoms with E-state index in [4.69, 9.17) is 10.5 Å². The van der Waals surface area contributed by atoms with Gasteiger partial charge in [-0.05, 0) is 20.3 Å². The van der Waals surface area contributed by atoms with Gasteiger partial charge in [0, 0.05) is 0 Å². The van der Waals surface area contributed by atoms with Crippen molar-refractivity contribution in [1.82, 2.24) is 9.97 Å². The average molecular weight is 209 g/mol. The maximum atomic E-state index is 5.72. The number of rotatable bonds is 5. The molecule has 84 valence electrons. The van der Waals surface area contributed by atoms with Crippen LogP contribution in [-0.2, 0) is 0 Å². The molecule has 0 aromatic carbocycles. The molecule has 0 fully saturated rings. The van der Waals surface area contributed by atoms with Crippen molar-refractivity contribution in [2.24, 2.45) is 0 Å². The molecule has 0 bridgehead atoms. The molecule has 15 heavy (non-hydrogen) atoms. The smallest absolute Gasteiger partial charge is 0.221 e. The normalized spacial score (nSPS) is 10.3. The van der Waals surface area contributed by atoms with Crippen molar-refractivity contribution >= 4 is 5.82 Å². The summed E-state index contributed by atoms with van der Waals surface area (Å²) < 4.78 is 5.57. The van der Waals surface area contributed by atoms with E-state index in [2.05, 4.69) is 16.9 Å². The second kappa shape index (κ2) is 5.53. The molecule has 0 saturated heterocycles. The summed E-state index contributed by atoms with van der Waals surface area (Å²) >= 11 is 0. The van der Waals surface area contributed by atoms with Crippen molar-refractivity contribution in [2.75, 3.05) is 12.3 Å². The highest BCUT2D eigenvalue weighted by molar-refractivity contribution is 5.44. The monoisotopic (exact) mass is 209 g/mol. The van der Waals surface area contributed by atoms with E-state index < -0.39 is 0 Å². The largest absolute Gasteiger partial charge is 0.477 e. The molecule has 1 rings (SSSR count). The number of ether oxygens (including phenoxy) is 1. The predicted molar refractivity (Wildman–Crippen MR) is 60.9 cm³/mol. The number of hydrogen-bond acceptors (Lipinski definition) is 4. The van der Waals surface area contributed by atoms with E-state index in [9.17, 15) is 0 Å². The van der Waals surface area contributed by atoms with Gasteiger partial charge in [0.2, 0.25) is 5.88 Å². The van der Waals surface area contributed by atoms with Crippen LogP contribution >= 0.6 is 0 Å². The molecule has 1 heterocycles.